The first-order valence-electron chi connectivity index (χ1n) is 17.7. The predicted octanol–water partition coefficient (Wildman–Crippen LogP) is 7.70. The minimum absolute atomic E-state index is 0.0298. The average Bonchev–Trinajstić information content (AvgIpc) is 3.38. The van der Waals surface area contributed by atoms with Crippen LogP contribution in [0.1, 0.15) is 130 Å². The van der Waals surface area contributed by atoms with Crippen molar-refractivity contribution >= 4 is 25.5 Å². The Labute approximate surface area is 282 Å². The highest BCUT2D eigenvalue weighted by Crippen LogP contribution is 2.36. The summed E-state index contributed by atoms with van der Waals surface area (Å²) in [6.45, 7) is 5.64. The van der Waals surface area contributed by atoms with Gasteiger partial charge in [-0.1, -0.05) is 115 Å². The molecule has 47 heavy (non-hydrogen) atoms. The molecule has 1 unspecified atom stereocenters. The van der Waals surface area contributed by atoms with Crippen LogP contribution in [0.2, 0.25) is 0 Å². The number of carbonyl (C=O) groups excluding carboxylic acids is 3. The SMILES string of the molecule is CCCCC[C@H](O)/C=C/[C@H]1C(=O)C=C[C@@H]1C/C=C\CCCC(=O)OC[C@H](COP(=O)(O)O)OC(=O)CCCCCCCCC(C)CC. The van der Waals surface area contributed by atoms with Crippen LogP contribution < -0.4 is 0 Å². The second-order valence-corrected chi connectivity index (χ2v) is 14.0. The highest BCUT2D eigenvalue weighted by Gasteiger charge is 2.27. The van der Waals surface area contributed by atoms with E-state index in [0.717, 1.165) is 44.4 Å². The number of esters is 2. The van der Waals surface area contributed by atoms with E-state index in [4.69, 9.17) is 19.3 Å². The predicted molar refractivity (Wildman–Crippen MR) is 183 cm³/mol. The lowest BCUT2D eigenvalue weighted by Crippen LogP contribution is -2.29. The van der Waals surface area contributed by atoms with E-state index < -0.39 is 38.6 Å². The van der Waals surface area contributed by atoms with E-state index in [1.54, 1.807) is 12.2 Å². The van der Waals surface area contributed by atoms with Crippen LogP contribution in [0.4, 0.5) is 0 Å². The summed E-state index contributed by atoms with van der Waals surface area (Å²) in [7, 11) is -4.79. The zero-order valence-electron chi connectivity index (χ0n) is 28.9. The molecule has 0 bridgehead atoms. The maximum absolute atomic E-state index is 12.3. The van der Waals surface area contributed by atoms with Crippen molar-refractivity contribution in [2.24, 2.45) is 17.8 Å². The van der Waals surface area contributed by atoms with Crippen LogP contribution in [0.15, 0.2) is 36.5 Å². The Bertz CT molecular complexity index is 1020. The van der Waals surface area contributed by atoms with Gasteiger partial charge in [0, 0.05) is 18.8 Å². The van der Waals surface area contributed by atoms with Crippen LogP contribution in [0.5, 0.6) is 0 Å². The van der Waals surface area contributed by atoms with Crippen LogP contribution in [-0.2, 0) is 32.9 Å². The third kappa shape index (κ3) is 23.0. The molecule has 1 aliphatic carbocycles. The van der Waals surface area contributed by atoms with Crippen molar-refractivity contribution < 1.29 is 47.8 Å². The standard InChI is InChI=1S/C36H61O10P/c1-4-6-13-20-31(37)24-25-33-30(23-26-34(33)38)19-15-11-12-16-21-35(39)44-27-32(28-45-47(41,42)43)46-36(40)22-17-10-8-7-9-14-18-29(3)5-2/h11,15,23-26,29-33,37H,4-10,12-14,16-22,27-28H2,1-3H3,(H2,41,42,43)/b15-11-,25-24+/t29?,30-,31-,32+,33+/m0/s1. The first-order chi connectivity index (χ1) is 22.4. The Balaban J connectivity index is 2.35. The number of rotatable bonds is 28. The molecule has 0 aliphatic heterocycles. The Hall–Kier alpha value is -2.10. The molecule has 0 amide bonds. The molecule has 10 nitrogen and oxygen atoms in total. The van der Waals surface area contributed by atoms with Crippen molar-refractivity contribution in [2.75, 3.05) is 13.2 Å². The summed E-state index contributed by atoms with van der Waals surface area (Å²) in [5, 5.41) is 10.1. The van der Waals surface area contributed by atoms with Gasteiger partial charge in [-0.2, -0.15) is 0 Å². The van der Waals surface area contributed by atoms with Crippen LogP contribution in [0.25, 0.3) is 0 Å². The van der Waals surface area contributed by atoms with Crippen molar-refractivity contribution in [1.29, 1.82) is 0 Å². The van der Waals surface area contributed by atoms with Gasteiger partial charge in [0.1, 0.15) is 6.61 Å². The molecule has 0 spiro atoms. The molecule has 1 rings (SSSR count). The molecule has 0 aromatic rings. The number of aliphatic hydroxyl groups excluding tert-OH is 1. The number of phosphoric ester groups is 1. The fourth-order valence-electron chi connectivity index (χ4n) is 5.28. The zero-order valence-corrected chi connectivity index (χ0v) is 29.8. The van der Waals surface area contributed by atoms with Gasteiger partial charge >= 0.3 is 19.8 Å². The lowest BCUT2D eigenvalue weighted by molar-refractivity contribution is -0.161. The van der Waals surface area contributed by atoms with Gasteiger partial charge in [-0.25, -0.2) is 4.57 Å². The van der Waals surface area contributed by atoms with E-state index in [1.165, 1.54) is 25.7 Å². The molecule has 5 atom stereocenters. The number of allylic oxidation sites excluding steroid dienone is 5. The summed E-state index contributed by atoms with van der Waals surface area (Å²) in [5.74, 6) is -0.491. The summed E-state index contributed by atoms with van der Waals surface area (Å²) in [6, 6.07) is 0. The number of ketones is 1. The van der Waals surface area contributed by atoms with Gasteiger partial charge in [0.2, 0.25) is 0 Å². The summed E-state index contributed by atoms with van der Waals surface area (Å²) < 4.78 is 26.2. The molecule has 1 aliphatic rings. The second-order valence-electron chi connectivity index (χ2n) is 12.8. The fourth-order valence-corrected chi connectivity index (χ4v) is 5.64. The third-order valence-corrected chi connectivity index (χ3v) is 8.94. The molecule has 3 N–H and O–H groups in total. The van der Waals surface area contributed by atoms with Crippen LogP contribution in [0.3, 0.4) is 0 Å². The highest BCUT2D eigenvalue weighted by molar-refractivity contribution is 7.46. The van der Waals surface area contributed by atoms with Gasteiger partial charge in [-0.15, -0.1) is 0 Å². The van der Waals surface area contributed by atoms with Gasteiger partial charge in [-0.3, -0.25) is 18.9 Å². The summed E-state index contributed by atoms with van der Waals surface area (Å²) in [5.41, 5.74) is 0. The smallest absolute Gasteiger partial charge is 0.462 e. The summed E-state index contributed by atoms with van der Waals surface area (Å²) in [4.78, 5) is 55.0. The largest absolute Gasteiger partial charge is 0.469 e. The number of hydrogen-bond acceptors (Lipinski definition) is 8. The van der Waals surface area contributed by atoms with Gasteiger partial charge in [0.25, 0.3) is 0 Å². The lowest BCUT2D eigenvalue weighted by atomic mass is 9.90. The minimum atomic E-state index is -4.79. The van der Waals surface area contributed by atoms with E-state index in [1.807, 2.05) is 24.3 Å². The van der Waals surface area contributed by atoms with E-state index in [2.05, 4.69) is 25.3 Å². The molecular weight excluding hydrogens is 623 g/mol. The van der Waals surface area contributed by atoms with Crippen molar-refractivity contribution in [3.05, 3.63) is 36.5 Å². The van der Waals surface area contributed by atoms with E-state index in [0.29, 0.717) is 32.1 Å². The quantitative estimate of drug-likeness (QED) is 0.0323. The monoisotopic (exact) mass is 684 g/mol. The van der Waals surface area contributed by atoms with E-state index in [9.17, 15) is 24.1 Å². The first-order valence-corrected chi connectivity index (χ1v) is 19.3. The first kappa shape index (κ1) is 42.9. The molecule has 0 radical (unpaired) electrons. The Morgan fingerprint density at radius 3 is 2.30 bits per heavy atom. The zero-order chi connectivity index (χ0) is 34.9. The van der Waals surface area contributed by atoms with Crippen molar-refractivity contribution in [2.45, 2.75) is 142 Å². The number of unbranched alkanes of at least 4 members (excludes halogenated alkanes) is 8. The normalized spacial score (nSPS) is 18.6. The Morgan fingerprint density at radius 1 is 0.915 bits per heavy atom. The second kappa shape index (κ2) is 25.9. The molecule has 0 fully saturated rings. The molecule has 0 aromatic heterocycles. The highest BCUT2D eigenvalue weighted by atomic mass is 31.2. The van der Waals surface area contributed by atoms with Crippen LogP contribution in [0, 0.1) is 17.8 Å². The van der Waals surface area contributed by atoms with Gasteiger partial charge < -0.3 is 24.4 Å². The number of carbonyl (C=O) groups is 3. The molecule has 270 valence electrons. The molecule has 0 aromatic carbocycles. The fraction of sp³-hybridized carbons (Fsp3) is 0.750. The molecule has 0 saturated carbocycles. The maximum atomic E-state index is 12.3. The maximum Gasteiger partial charge on any atom is 0.469 e. The Kier molecular flexibility index (Phi) is 23.6. The topological polar surface area (TPSA) is 157 Å². The summed E-state index contributed by atoms with van der Waals surface area (Å²) in [6.07, 6.45) is 23.8. The molecule has 0 heterocycles. The molecule has 11 heteroatoms. The van der Waals surface area contributed by atoms with Crippen molar-refractivity contribution in [1.82, 2.24) is 0 Å². The number of hydrogen-bond donors (Lipinski definition) is 3. The number of ether oxygens (including phenoxy) is 2. The lowest BCUT2D eigenvalue weighted by Gasteiger charge is -2.18. The molecular formula is C36H61O10P. The average molecular weight is 685 g/mol. The summed E-state index contributed by atoms with van der Waals surface area (Å²) >= 11 is 0. The van der Waals surface area contributed by atoms with Gasteiger partial charge in [-0.05, 0) is 50.0 Å². The van der Waals surface area contributed by atoms with Crippen molar-refractivity contribution in [3.63, 3.8) is 0 Å². The number of phosphoric acid groups is 1. The van der Waals surface area contributed by atoms with E-state index in [-0.39, 0.29) is 37.1 Å². The van der Waals surface area contributed by atoms with E-state index >= 15 is 0 Å². The van der Waals surface area contributed by atoms with Crippen LogP contribution in [-0.4, -0.2) is 58.0 Å². The number of aliphatic hydroxyl groups is 1. The Morgan fingerprint density at radius 2 is 1.60 bits per heavy atom. The third-order valence-electron chi connectivity index (χ3n) is 8.45. The van der Waals surface area contributed by atoms with Gasteiger partial charge in [0.15, 0.2) is 11.9 Å². The van der Waals surface area contributed by atoms with Crippen LogP contribution >= 0.6 is 7.82 Å². The van der Waals surface area contributed by atoms with Crippen molar-refractivity contribution in [3.8, 4) is 0 Å². The van der Waals surface area contributed by atoms with Gasteiger partial charge in [0.05, 0.1) is 12.7 Å². The molecule has 0 saturated heterocycles. The minimum Gasteiger partial charge on any atom is -0.462 e.